The number of H-pyrrole nitrogens is 1. The van der Waals surface area contributed by atoms with Crippen LogP contribution >= 0.6 is 0 Å². The Morgan fingerprint density at radius 1 is 1.06 bits per heavy atom. The van der Waals surface area contributed by atoms with E-state index in [1.54, 1.807) is 0 Å². The number of para-hydroxylation sites is 1. The van der Waals surface area contributed by atoms with Gasteiger partial charge >= 0.3 is 0 Å². The second kappa shape index (κ2) is 11.3. The monoisotopic (exact) mass is 474 g/mol. The highest BCUT2D eigenvalue weighted by Gasteiger charge is 2.33. The number of amides is 1. The zero-order chi connectivity index (χ0) is 24.0. The van der Waals surface area contributed by atoms with Crippen molar-refractivity contribution in [3.8, 4) is 0 Å². The van der Waals surface area contributed by atoms with Crippen LogP contribution < -0.4 is 5.32 Å². The molecule has 0 saturated carbocycles. The van der Waals surface area contributed by atoms with Gasteiger partial charge in [0.15, 0.2) is 0 Å². The summed E-state index contributed by atoms with van der Waals surface area (Å²) in [5.74, 6) is 0.747. The van der Waals surface area contributed by atoms with Crippen molar-refractivity contribution >= 4 is 16.8 Å². The van der Waals surface area contributed by atoms with Crippen LogP contribution in [0.4, 0.5) is 0 Å². The number of aromatic amines is 1. The number of hydrogen-bond acceptors (Lipinski definition) is 5. The highest BCUT2D eigenvalue weighted by molar-refractivity contribution is 5.83. The number of nitrogens with one attached hydrogen (secondary N) is 2. The molecule has 2 N–H and O–H groups in total. The third-order valence-electron chi connectivity index (χ3n) is 7.62. The standard InChI is InChI=1S/C28H38N6O/c1-32-12-14-33(15-13-32)19-23-16-25(21-34(20-23)18-22-6-9-29-10-7-22)28(35)30-11-8-24-17-31-27-5-3-2-4-26(24)27/h2-7,9-10,17,23,25,31H,8,11-16,18-21H2,1H3,(H,30,35)/t23-,25-/m1/s1. The topological polar surface area (TPSA) is 67.5 Å². The predicted molar refractivity (Wildman–Crippen MR) is 140 cm³/mol. The summed E-state index contributed by atoms with van der Waals surface area (Å²) < 4.78 is 0. The lowest BCUT2D eigenvalue weighted by Gasteiger charge is -2.41. The molecule has 2 aliphatic heterocycles. The van der Waals surface area contributed by atoms with E-state index in [0.717, 1.165) is 70.7 Å². The molecule has 0 bridgehead atoms. The van der Waals surface area contributed by atoms with E-state index >= 15 is 0 Å². The number of carbonyl (C=O) groups is 1. The molecule has 7 nitrogen and oxygen atoms in total. The Morgan fingerprint density at radius 3 is 2.69 bits per heavy atom. The first-order valence-corrected chi connectivity index (χ1v) is 13.0. The fourth-order valence-electron chi connectivity index (χ4n) is 5.70. The molecule has 4 heterocycles. The van der Waals surface area contributed by atoms with Gasteiger partial charge in [0.1, 0.15) is 0 Å². The predicted octanol–water partition coefficient (Wildman–Crippen LogP) is 2.61. The van der Waals surface area contributed by atoms with Crippen molar-refractivity contribution in [1.82, 2.24) is 30.0 Å². The minimum absolute atomic E-state index is 0.0334. The van der Waals surface area contributed by atoms with Crippen molar-refractivity contribution in [2.75, 3.05) is 59.4 Å². The number of rotatable bonds is 8. The summed E-state index contributed by atoms with van der Waals surface area (Å²) in [5.41, 5.74) is 3.68. The minimum Gasteiger partial charge on any atom is -0.361 e. The summed E-state index contributed by atoms with van der Waals surface area (Å²) in [7, 11) is 2.20. The molecule has 1 amide bonds. The maximum atomic E-state index is 13.3. The van der Waals surface area contributed by atoms with E-state index in [9.17, 15) is 4.79 Å². The Labute approximate surface area is 208 Å². The average molecular weight is 475 g/mol. The Hall–Kier alpha value is -2.74. The lowest BCUT2D eigenvalue weighted by Crippen LogP contribution is -2.51. The van der Waals surface area contributed by atoms with Gasteiger partial charge in [-0.2, -0.15) is 0 Å². The summed E-state index contributed by atoms with van der Waals surface area (Å²) in [6.45, 7) is 9.01. The van der Waals surface area contributed by atoms with Crippen molar-refractivity contribution in [1.29, 1.82) is 0 Å². The van der Waals surface area contributed by atoms with Gasteiger partial charge in [0, 0.05) is 88.4 Å². The molecular weight excluding hydrogens is 436 g/mol. The number of carbonyl (C=O) groups excluding carboxylic acids is 1. The molecule has 2 aromatic heterocycles. The molecule has 2 fully saturated rings. The molecule has 1 aromatic carbocycles. The Kier molecular flexibility index (Phi) is 7.76. The second-order valence-corrected chi connectivity index (χ2v) is 10.4. The molecule has 2 aliphatic rings. The number of hydrogen-bond donors (Lipinski definition) is 2. The number of aromatic nitrogens is 2. The van der Waals surface area contributed by atoms with E-state index in [4.69, 9.17) is 0 Å². The first-order valence-electron chi connectivity index (χ1n) is 13.0. The molecule has 2 atom stereocenters. The Bertz CT molecular complexity index is 1090. The molecule has 0 radical (unpaired) electrons. The molecule has 0 unspecified atom stereocenters. The number of likely N-dealkylation sites (tertiary alicyclic amines) is 1. The molecule has 7 heteroatoms. The van der Waals surface area contributed by atoms with E-state index in [2.05, 4.69) is 73.6 Å². The van der Waals surface area contributed by atoms with E-state index in [1.165, 1.54) is 16.5 Å². The van der Waals surface area contributed by atoms with Crippen LogP contribution in [-0.2, 0) is 17.8 Å². The molecule has 35 heavy (non-hydrogen) atoms. The van der Waals surface area contributed by atoms with Crippen LogP contribution in [0.2, 0.25) is 0 Å². The number of nitrogens with zero attached hydrogens (tertiary/aromatic N) is 4. The number of likely N-dealkylation sites (N-methyl/N-ethyl adjacent to an activating group) is 1. The SMILES string of the molecule is CN1CCN(C[C@H]2C[C@@H](C(=O)NCCc3c[nH]c4ccccc34)CN(Cc3ccncc3)C2)CC1. The highest BCUT2D eigenvalue weighted by atomic mass is 16.1. The van der Waals surface area contributed by atoms with Gasteiger partial charge < -0.3 is 20.1 Å². The molecule has 0 aliphatic carbocycles. The fourth-order valence-corrected chi connectivity index (χ4v) is 5.70. The third kappa shape index (κ3) is 6.28. The fraction of sp³-hybridized carbons (Fsp3) is 0.500. The molecule has 5 rings (SSSR count). The Morgan fingerprint density at radius 2 is 1.86 bits per heavy atom. The van der Waals surface area contributed by atoms with E-state index in [1.807, 2.05) is 18.5 Å². The van der Waals surface area contributed by atoms with Gasteiger partial charge in [-0.1, -0.05) is 18.2 Å². The van der Waals surface area contributed by atoms with Gasteiger partial charge in [-0.25, -0.2) is 0 Å². The van der Waals surface area contributed by atoms with Crippen LogP contribution in [0.25, 0.3) is 10.9 Å². The smallest absolute Gasteiger partial charge is 0.224 e. The van der Waals surface area contributed by atoms with Crippen molar-refractivity contribution in [3.05, 3.63) is 66.1 Å². The average Bonchev–Trinajstić information content (AvgIpc) is 3.29. The van der Waals surface area contributed by atoms with Crippen molar-refractivity contribution in [3.63, 3.8) is 0 Å². The van der Waals surface area contributed by atoms with Crippen molar-refractivity contribution in [2.45, 2.75) is 19.4 Å². The van der Waals surface area contributed by atoms with Gasteiger partial charge in [0.25, 0.3) is 0 Å². The number of piperidine rings is 1. The third-order valence-corrected chi connectivity index (χ3v) is 7.62. The lowest BCUT2D eigenvalue weighted by molar-refractivity contribution is -0.127. The maximum Gasteiger partial charge on any atom is 0.224 e. The molecule has 3 aromatic rings. The summed E-state index contributed by atoms with van der Waals surface area (Å²) in [4.78, 5) is 28.3. The minimum atomic E-state index is 0.0334. The first kappa shape index (κ1) is 24.0. The highest BCUT2D eigenvalue weighted by Crippen LogP contribution is 2.25. The van der Waals surface area contributed by atoms with Crippen molar-refractivity contribution < 1.29 is 4.79 Å². The van der Waals surface area contributed by atoms with Crippen LogP contribution in [0.1, 0.15) is 17.5 Å². The van der Waals surface area contributed by atoms with Crippen molar-refractivity contribution in [2.24, 2.45) is 11.8 Å². The first-order chi connectivity index (χ1) is 17.1. The normalized spacial score (nSPS) is 22.4. The Balaban J connectivity index is 1.19. The molecule has 2 saturated heterocycles. The van der Waals surface area contributed by atoms with Crippen LogP contribution in [0.5, 0.6) is 0 Å². The number of pyridine rings is 1. The van der Waals surface area contributed by atoms with Crippen LogP contribution in [0.3, 0.4) is 0 Å². The number of piperazine rings is 1. The summed E-state index contributed by atoms with van der Waals surface area (Å²) in [6.07, 6.45) is 7.60. The zero-order valence-corrected chi connectivity index (χ0v) is 20.8. The number of benzene rings is 1. The molecule has 186 valence electrons. The summed E-state index contributed by atoms with van der Waals surface area (Å²) in [5, 5.41) is 4.51. The zero-order valence-electron chi connectivity index (χ0n) is 20.8. The maximum absolute atomic E-state index is 13.3. The van der Waals surface area contributed by atoms with Gasteiger partial charge in [0.2, 0.25) is 5.91 Å². The van der Waals surface area contributed by atoms with Crippen LogP contribution in [0.15, 0.2) is 55.0 Å². The van der Waals surface area contributed by atoms with E-state index in [0.29, 0.717) is 12.5 Å². The largest absolute Gasteiger partial charge is 0.361 e. The number of fused-ring (bicyclic) bond motifs is 1. The van der Waals surface area contributed by atoms with Gasteiger partial charge in [-0.15, -0.1) is 0 Å². The summed E-state index contributed by atoms with van der Waals surface area (Å²) >= 11 is 0. The quantitative estimate of drug-likeness (QED) is 0.525. The van der Waals surface area contributed by atoms with Gasteiger partial charge in [-0.05, 0) is 55.1 Å². The molecular formula is C28H38N6O. The molecule has 0 spiro atoms. The van der Waals surface area contributed by atoms with E-state index < -0.39 is 0 Å². The van der Waals surface area contributed by atoms with Gasteiger partial charge in [0.05, 0.1) is 5.92 Å². The van der Waals surface area contributed by atoms with E-state index in [-0.39, 0.29) is 11.8 Å². The van der Waals surface area contributed by atoms with Crippen LogP contribution in [0, 0.1) is 11.8 Å². The van der Waals surface area contributed by atoms with Gasteiger partial charge in [-0.3, -0.25) is 14.7 Å². The summed E-state index contributed by atoms with van der Waals surface area (Å²) in [6, 6.07) is 12.5. The second-order valence-electron chi connectivity index (χ2n) is 10.4. The lowest BCUT2D eigenvalue weighted by atomic mass is 9.87. The van der Waals surface area contributed by atoms with Crippen LogP contribution in [-0.4, -0.2) is 90.0 Å².